The van der Waals surface area contributed by atoms with Crippen molar-refractivity contribution in [3.63, 3.8) is 0 Å². The molecule has 0 saturated heterocycles. The second-order valence-corrected chi connectivity index (χ2v) is 5.41. The standard InChI is InChI=1S/C11H17N3O2S/c12-10(11(15)16)3-4-17-6-9-5-13-7-14(9)8-1-2-8/h5,7-8,10H,1-4,6,12H2,(H,15,16). The molecule has 94 valence electrons. The van der Waals surface area contributed by atoms with E-state index in [1.54, 1.807) is 11.8 Å². The third-order valence-electron chi connectivity index (χ3n) is 2.83. The van der Waals surface area contributed by atoms with Gasteiger partial charge in [0.15, 0.2) is 0 Å². The third kappa shape index (κ3) is 3.47. The predicted octanol–water partition coefficient (Wildman–Crippen LogP) is 1.25. The lowest BCUT2D eigenvalue weighted by Crippen LogP contribution is -2.30. The van der Waals surface area contributed by atoms with Crippen molar-refractivity contribution in [3.8, 4) is 0 Å². The van der Waals surface area contributed by atoms with Gasteiger partial charge in [0.05, 0.1) is 6.33 Å². The molecule has 1 fully saturated rings. The van der Waals surface area contributed by atoms with Crippen LogP contribution in [0.1, 0.15) is 31.0 Å². The van der Waals surface area contributed by atoms with Gasteiger partial charge in [-0.15, -0.1) is 0 Å². The molecule has 17 heavy (non-hydrogen) atoms. The lowest BCUT2D eigenvalue weighted by Gasteiger charge is -2.07. The summed E-state index contributed by atoms with van der Waals surface area (Å²) in [5.74, 6) is 0.722. The molecule has 0 aliphatic heterocycles. The van der Waals surface area contributed by atoms with Crippen LogP contribution in [0.5, 0.6) is 0 Å². The summed E-state index contributed by atoms with van der Waals surface area (Å²) < 4.78 is 2.23. The predicted molar refractivity (Wildman–Crippen MR) is 66.9 cm³/mol. The minimum absolute atomic E-state index is 0.511. The molecule has 0 bridgehead atoms. The lowest BCUT2D eigenvalue weighted by molar-refractivity contribution is -0.138. The van der Waals surface area contributed by atoms with Gasteiger partial charge in [-0.05, 0) is 25.0 Å². The van der Waals surface area contributed by atoms with E-state index in [-0.39, 0.29) is 0 Å². The summed E-state index contributed by atoms with van der Waals surface area (Å²) in [4.78, 5) is 14.7. The number of hydrogen-bond donors (Lipinski definition) is 2. The monoisotopic (exact) mass is 255 g/mol. The number of carbonyl (C=O) groups is 1. The van der Waals surface area contributed by atoms with Gasteiger partial charge in [-0.2, -0.15) is 11.8 Å². The first-order valence-corrected chi connectivity index (χ1v) is 6.91. The SMILES string of the molecule is NC(CCSCc1cncn1C1CC1)C(=O)O. The number of nitrogens with two attached hydrogens (primary N) is 1. The quantitative estimate of drug-likeness (QED) is 0.717. The highest BCUT2D eigenvalue weighted by Gasteiger charge is 2.24. The van der Waals surface area contributed by atoms with E-state index in [1.807, 2.05) is 12.5 Å². The number of aromatic nitrogens is 2. The van der Waals surface area contributed by atoms with Crippen LogP contribution in [0.25, 0.3) is 0 Å². The summed E-state index contributed by atoms with van der Waals surface area (Å²) >= 11 is 1.71. The Balaban J connectivity index is 1.71. The van der Waals surface area contributed by atoms with Crippen LogP contribution < -0.4 is 5.73 Å². The van der Waals surface area contributed by atoms with Gasteiger partial charge in [-0.3, -0.25) is 4.79 Å². The van der Waals surface area contributed by atoms with Crippen molar-refractivity contribution < 1.29 is 9.90 Å². The van der Waals surface area contributed by atoms with Crippen molar-refractivity contribution in [2.24, 2.45) is 5.73 Å². The molecular weight excluding hydrogens is 238 g/mol. The number of imidazole rings is 1. The largest absolute Gasteiger partial charge is 0.480 e. The minimum atomic E-state index is -0.923. The van der Waals surface area contributed by atoms with Gasteiger partial charge in [0.1, 0.15) is 6.04 Å². The molecule has 2 rings (SSSR count). The highest BCUT2D eigenvalue weighted by molar-refractivity contribution is 7.98. The van der Waals surface area contributed by atoms with Crippen molar-refractivity contribution in [2.75, 3.05) is 5.75 Å². The van der Waals surface area contributed by atoms with Gasteiger partial charge in [-0.1, -0.05) is 0 Å². The van der Waals surface area contributed by atoms with Gasteiger partial charge in [0.2, 0.25) is 0 Å². The average Bonchev–Trinajstić information content (AvgIpc) is 3.04. The Kier molecular flexibility index (Phi) is 4.06. The molecule has 1 aliphatic rings. The molecule has 1 unspecified atom stereocenters. The van der Waals surface area contributed by atoms with Gasteiger partial charge < -0.3 is 15.4 Å². The molecule has 0 radical (unpaired) electrons. The van der Waals surface area contributed by atoms with E-state index in [4.69, 9.17) is 10.8 Å². The van der Waals surface area contributed by atoms with Crippen LogP contribution in [0.3, 0.4) is 0 Å². The number of nitrogens with zero attached hydrogens (tertiary/aromatic N) is 2. The molecule has 1 atom stereocenters. The highest BCUT2D eigenvalue weighted by Crippen LogP contribution is 2.36. The molecule has 1 heterocycles. The normalized spacial score (nSPS) is 17.0. The Labute approximate surface area is 104 Å². The van der Waals surface area contributed by atoms with Crippen LogP contribution in [0, 0.1) is 0 Å². The highest BCUT2D eigenvalue weighted by atomic mass is 32.2. The van der Waals surface area contributed by atoms with E-state index >= 15 is 0 Å². The zero-order valence-corrected chi connectivity index (χ0v) is 10.4. The number of rotatable bonds is 7. The second kappa shape index (κ2) is 5.55. The van der Waals surface area contributed by atoms with Crippen LogP contribution in [0.15, 0.2) is 12.5 Å². The topological polar surface area (TPSA) is 81.1 Å². The van der Waals surface area contributed by atoms with Crippen molar-refractivity contribution in [2.45, 2.75) is 37.1 Å². The smallest absolute Gasteiger partial charge is 0.320 e. The summed E-state index contributed by atoms with van der Waals surface area (Å²) in [6.45, 7) is 0. The second-order valence-electron chi connectivity index (χ2n) is 4.31. The molecule has 0 spiro atoms. The number of hydrogen-bond acceptors (Lipinski definition) is 4. The third-order valence-corrected chi connectivity index (χ3v) is 3.85. The first kappa shape index (κ1) is 12.4. The molecule has 0 aromatic carbocycles. The Bertz CT molecular complexity index is 390. The maximum Gasteiger partial charge on any atom is 0.320 e. The maximum atomic E-state index is 10.5. The maximum absolute atomic E-state index is 10.5. The fraction of sp³-hybridized carbons (Fsp3) is 0.636. The molecular formula is C11H17N3O2S. The van der Waals surface area contributed by atoms with Crippen LogP contribution in [-0.4, -0.2) is 32.4 Å². The molecule has 1 aromatic heterocycles. The first-order valence-electron chi connectivity index (χ1n) is 5.75. The fourth-order valence-corrected chi connectivity index (χ4v) is 2.63. The fourth-order valence-electron chi connectivity index (χ4n) is 1.64. The zero-order valence-electron chi connectivity index (χ0n) is 9.58. The van der Waals surface area contributed by atoms with E-state index in [9.17, 15) is 4.79 Å². The number of aliphatic carboxylic acids is 1. The summed E-state index contributed by atoms with van der Waals surface area (Å²) in [6, 6.07) is -0.0924. The zero-order chi connectivity index (χ0) is 12.3. The van der Waals surface area contributed by atoms with Gasteiger partial charge >= 0.3 is 5.97 Å². The summed E-state index contributed by atoms with van der Waals surface area (Å²) in [7, 11) is 0. The number of thioether (sulfide) groups is 1. The summed E-state index contributed by atoms with van der Waals surface area (Å²) in [6.07, 6.45) is 6.78. The molecule has 1 aliphatic carbocycles. The van der Waals surface area contributed by atoms with E-state index in [0.29, 0.717) is 12.5 Å². The van der Waals surface area contributed by atoms with Gasteiger partial charge in [-0.25, -0.2) is 4.98 Å². The summed E-state index contributed by atoms with van der Waals surface area (Å²) in [5, 5.41) is 8.64. The van der Waals surface area contributed by atoms with Gasteiger partial charge in [0.25, 0.3) is 0 Å². The minimum Gasteiger partial charge on any atom is -0.480 e. The van der Waals surface area contributed by atoms with Crippen LogP contribution in [0.2, 0.25) is 0 Å². The van der Waals surface area contributed by atoms with E-state index in [1.165, 1.54) is 18.5 Å². The number of carboxylic acids is 1. The average molecular weight is 255 g/mol. The lowest BCUT2D eigenvalue weighted by atomic mass is 10.2. The van der Waals surface area contributed by atoms with Crippen LogP contribution in [-0.2, 0) is 10.5 Å². The number of carboxylic acid groups (broad SMARTS) is 1. The van der Waals surface area contributed by atoms with Gasteiger partial charge in [0, 0.05) is 23.7 Å². The Morgan fingerprint density at radius 1 is 1.71 bits per heavy atom. The Morgan fingerprint density at radius 3 is 3.12 bits per heavy atom. The van der Waals surface area contributed by atoms with Crippen LogP contribution >= 0.6 is 11.8 Å². The van der Waals surface area contributed by atoms with Crippen LogP contribution in [0.4, 0.5) is 0 Å². The van der Waals surface area contributed by atoms with Crippen molar-refractivity contribution >= 4 is 17.7 Å². The molecule has 1 aromatic rings. The van der Waals surface area contributed by atoms with E-state index in [2.05, 4.69) is 9.55 Å². The molecule has 1 saturated carbocycles. The Hall–Kier alpha value is -1.01. The van der Waals surface area contributed by atoms with E-state index in [0.717, 1.165) is 11.5 Å². The molecule has 6 heteroatoms. The Morgan fingerprint density at radius 2 is 2.47 bits per heavy atom. The first-order chi connectivity index (χ1) is 8.18. The molecule has 0 amide bonds. The molecule has 3 N–H and O–H groups in total. The van der Waals surface area contributed by atoms with Crippen molar-refractivity contribution in [3.05, 3.63) is 18.2 Å². The van der Waals surface area contributed by atoms with E-state index < -0.39 is 12.0 Å². The van der Waals surface area contributed by atoms with Crippen molar-refractivity contribution in [1.82, 2.24) is 9.55 Å². The van der Waals surface area contributed by atoms with Crippen molar-refractivity contribution in [1.29, 1.82) is 0 Å². The molecule has 5 nitrogen and oxygen atoms in total. The summed E-state index contributed by atoms with van der Waals surface area (Å²) in [5.41, 5.74) is 6.66.